The van der Waals surface area contributed by atoms with E-state index in [2.05, 4.69) is 27.2 Å². The van der Waals surface area contributed by atoms with Gasteiger partial charge in [0, 0.05) is 25.4 Å². The van der Waals surface area contributed by atoms with Gasteiger partial charge in [-0.2, -0.15) is 0 Å². The largest absolute Gasteiger partial charge is 0.477 e. The zero-order chi connectivity index (χ0) is 14.2. The molecule has 0 aromatic carbocycles. The molecule has 2 heterocycles. The molecule has 5 nitrogen and oxygen atoms in total. The van der Waals surface area contributed by atoms with E-state index in [1.165, 1.54) is 6.33 Å². The van der Waals surface area contributed by atoms with Gasteiger partial charge in [0.15, 0.2) is 0 Å². The molecule has 0 aliphatic rings. The minimum absolute atomic E-state index is 0.563. The summed E-state index contributed by atoms with van der Waals surface area (Å²) in [6, 6.07) is 5.89. The Morgan fingerprint density at radius 1 is 1.15 bits per heavy atom. The summed E-state index contributed by atoms with van der Waals surface area (Å²) in [6.45, 7) is 2.69. The van der Waals surface area contributed by atoms with Gasteiger partial charge in [-0.15, -0.1) is 0 Å². The molecule has 2 aromatic rings. The highest BCUT2D eigenvalue weighted by molar-refractivity contribution is 5.48. The topological polar surface area (TPSA) is 59.9 Å². The van der Waals surface area contributed by atoms with E-state index < -0.39 is 0 Å². The van der Waals surface area contributed by atoms with Gasteiger partial charge in [0.05, 0.1) is 12.2 Å². The minimum Gasteiger partial charge on any atom is -0.477 e. The molecular formula is C15H20N4O. The molecule has 0 saturated heterocycles. The van der Waals surface area contributed by atoms with Crippen molar-refractivity contribution in [1.29, 1.82) is 0 Å². The third kappa shape index (κ3) is 3.66. The number of ether oxygens (including phenoxy) is 1. The number of hydrogen-bond acceptors (Lipinski definition) is 5. The SMILES string of the molecule is CCCc1c(NC)ncnc1OCCc1ccccn1. The van der Waals surface area contributed by atoms with Gasteiger partial charge in [0.25, 0.3) is 0 Å². The fourth-order valence-electron chi connectivity index (χ4n) is 2.01. The van der Waals surface area contributed by atoms with Gasteiger partial charge in [-0.25, -0.2) is 9.97 Å². The van der Waals surface area contributed by atoms with Crippen LogP contribution >= 0.6 is 0 Å². The molecule has 2 rings (SSSR count). The average Bonchev–Trinajstić information content (AvgIpc) is 2.50. The van der Waals surface area contributed by atoms with E-state index in [0.29, 0.717) is 12.5 Å². The van der Waals surface area contributed by atoms with Crippen molar-refractivity contribution in [2.45, 2.75) is 26.2 Å². The Morgan fingerprint density at radius 2 is 2.05 bits per heavy atom. The second-order valence-electron chi connectivity index (χ2n) is 4.43. The van der Waals surface area contributed by atoms with E-state index in [9.17, 15) is 0 Å². The first-order valence-corrected chi connectivity index (χ1v) is 6.89. The molecule has 0 amide bonds. The molecule has 106 valence electrons. The second-order valence-corrected chi connectivity index (χ2v) is 4.43. The summed E-state index contributed by atoms with van der Waals surface area (Å²) in [4.78, 5) is 12.7. The summed E-state index contributed by atoms with van der Waals surface area (Å²) < 4.78 is 5.81. The first-order valence-electron chi connectivity index (χ1n) is 6.89. The fraction of sp³-hybridized carbons (Fsp3) is 0.400. The number of anilines is 1. The van der Waals surface area contributed by atoms with Crippen LogP contribution in [0.3, 0.4) is 0 Å². The van der Waals surface area contributed by atoms with Crippen molar-refractivity contribution in [2.75, 3.05) is 19.0 Å². The van der Waals surface area contributed by atoms with Crippen LogP contribution in [0, 0.1) is 0 Å². The zero-order valence-corrected chi connectivity index (χ0v) is 12.0. The van der Waals surface area contributed by atoms with E-state index in [-0.39, 0.29) is 0 Å². The Kier molecular flexibility index (Phi) is 5.29. The molecule has 2 aromatic heterocycles. The summed E-state index contributed by atoms with van der Waals surface area (Å²) >= 11 is 0. The number of pyridine rings is 1. The summed E-state index contributed by atoms with van der Waals surface area (Å²) in [5.41, 5.74) is 2.06. The van der Waals surface area contributed by atoms with Gasteiger partial charge in [0.2, 0.25) is 5.88 Å². The van der Waals surface area contributed by atoms with Crippen LogP contribution in [0.5, 0.6) is 5.88 Å². The smallest absolute Gasteiger partial charge is 0.221 e. The number of nitrogens with zero attached hydrogens (tertiary/aromatic N) is 3. The predicted molar refractivity (Wildman–Crippen MR) is 79.0 cm³/mol. The summed E-state index contributed by atoms with van der Waals surface area (Å²) in [5, 5.41) is 3.09. The van der Waals surface area contributed by atoms with Gasteiger partial charge in [-0.05, 0) is 18.6 Å². The van der Waals surface area contributed by atoms with Crippen LogP contribution in [0.2, 0.25) is 0 Å². The van der Waals surface area contributed by atoms with Crippen LogP contribution in [-0.4, -0.2) is 28.6 Å². The fourth-order valence-corrected chi connectivity index (χ4v) is 2.01. The van der Waals surface area contributed by atoms with Gasteiger partial charge in [-0.1, -0.05) is 19.4 Å². The highest BCUT2D eigenvalue weighted by atomic mass is 16.5. The van der Waals surface area contributed by atoms with Crippen LogP contribution in [0.4, 0.5) is 5.82 Å². The lowest BCUT2D eigenvalue weighted by Gasteiger charge is -2.12. The highest BCUT2D eigenvalue weighted by Crippen LogP contribution is 2.23. The molecule has 5 heteroatoms. The Labute approximate surface area is 119 Å². The van der Waals surface area contributed by atoms with Crippen molar-refractivity contribution in [1.82, 2.24) is 15.0 Å². The number of nitrogens with one attached hydrogen (secondary N) is 1. The van der Waals surface area contributed by atoms with Crippen LogP contribution in [0.25, 0.3) is 0 Å². The standard InChI is InChI=1S/C15H20N4O/c1-3-6-13-14(16-2)18-11-19-15(13)20-10-8-12-7-4-5-9-17-12/h4-5,7,9,11H,3,6,8,10H2,1-2H3,(H,16,18,19). The zero-order valence-electron chi connectivity index (χ0n) is 12.0. The van der Waals surface area contributed by atoms with Crippen molar-refractivity contribution >= 4 is 5.82 Å². The van der Waals surface area contributed by atoms with Crippen LogP contribution in [0.15, 0.2) is 30.7 Å². The molecule has 0 spiro atoms. The molecule has 0 aliphatic carbocycles. The highest BCUT2D eigenvalue weighted by Gasteiger charge is 2.10. The number of hydrogen-bond donors (Lipinski definition) is 1. The van der Waals surface area contributed by atoms with Crippen molar-refractivity contribution in [2.24, 2.45) is 0 Å². The molecule has 0 bridgehead atoms. The monoisotopic (exact) mass is 272 g/mol. The lowest BCUT2D eigenvalue weighted by molar-refractivity contribution is 0.304. The Hall–Kier alpha value is -2.17. The Balaban J connectivity index is 2.01. The quantitative estimate of drug-likeness (QED) is 0.839. The second kappa shape index (κ2) is 7.43. The van der Waals surface area contributed by atoms with Crippen molar-refractivity contribution in [3.8, 4) is 5.88 Å². The van der Waals surface area contributed by atoms with Crippen LogP contribution in [-0.2, 0) is 12.8 Å². The van der Waals surface area contributed by atoms with Gasteiger partial charge in [0.1, 0.15) is 12.1 Å². The summed E-state index contributed by atoms with van der Waals surface area (Å²) in [7, 11) is 1.86. The lowest BCUT2D eigenvalue weighted by Crippen LogP contribution is -2.08. The summed E-state index contributed by atoms with van der Waals surface area (Å²) in [6.07, 6.45) is 6.02. The first-order chi connectivity index (χ1) is 9.85. The molecule has 0 radical (unpaired) electrons. The molecule has 20 heavy (non-hydrogen) atoms. The molecule has 0 fully saturated rings. The van der Waals surface area contributed by atoms with E-state index >= 15 is 0 Å². The van der Waals surface area contributed by atoms with E-state index in [4.69, 9.17) is 4.74 Å². The maximum Gasteiger partial charge on any atom is 0.221 e. The van der Waals surface area contributed by atoms with Crippen molar-refractivity contribution in [3.05, 3.63) is 42.0 Å². The Bertz CT molecular complexity index is 531. The average molecular weight is 272 g/mol. The van der Waals surface area contributed by atoms with Crippen molar-refractivity contribution < 1.29 is 4.74 Å². The number of rotatable bonds is 7. The maximum absolute atomic E-state index is 5.81. The van der Waals surface area contributed by atoms with Gasteiger partial charge in [-0.3, -0.25) is 4.98 Å². The molecule has 0 unspecified atom stereocenters. The first kappa shape index (κ1) is 14.2. The predicted octanol–water partition coefficient (Wildman–Crippen LogP) is 2.49. The van der Waals surface area contributed by atoms with Gasteiger partial charge < -0.3 is 10.1 Å². The molecule has 0 saturated carbocycles. The van der Waals surface area contributed by atoms with Crippen molar-refractivity contribution in [3.63, 3.8) is 0 Å². The Morgan fingerprint density at radius 3 is 2.75 bits per heavy atom. The molecule has 0 aliphatic heterocycles. The lowest BCUT2D eigenvalue weighted by atomic mass is 10.2. The normalized spacial score (nSPS) is 10.3. The van der Waals surface area contributed by atoms with E-state index in [1.807, 2.05) is 25.2 Å². The van der Waals surface area contributed by atoms with E-state index in [1.54, 1.807) is 6.20 Å². The van der Waals surface area contributed by atoms with Crippen LogP contribution in [0.1, 0.15) is 24.6 Å². The van der Waals surface area contributed by atoms with Crippen LogP contribution < -0.4 is 10.1 Å². The third-order valence-electron chi connectivity index (χ3n) is 2.97. The molecule has 0 atom stereocenters. The molecular weight excluding hydrogens is 252 g/mol. The summed E-state index contributed by atoms with van der Waals surface area (Å²) in [5.74, 6) is 1.51. The minimum atomic E-state index is 0.563. The van der Waals surface area contributed by atoms with Gasteiger partial charge >= 0.3 is 0 Å². The number of aromatic nitrogens is 3. The van der Waals surface area contributed by atoms with E-state index in [0.717, 1.165) is 36.3 Å². The third-order valence-corrected chi connectivity index (χ3v) is 2.97. The maximum atomic E-state index is 5.81. The molecule has 1 N–H and O–H groups in total.